The number of hydrogen-bond donors (Lipinski definition) is 0. The molecule has 2 rings (SSSR count). The molecule has 0 radical (unpaired) electrons. The van der Waals surface area contributed by atoms with Crippen molar-refractivity contribution in [2.24, 2.45) is 0 Å². The van der Waals surface area contributed by atoms with Crippen LogP contribution in [-0.4, -0.2) is 62.8 Å². The van der Waals surface area contributed by atoms with E-state index in [1.165, 1.54) is 21.1 Å². The topological polar surface area (TPSA) is 54.7 Å². The minimum absolute atomic E-state index is 0. The third-order valence-corrected chi connectivity index (χ3v) is 12.9. The number of hydrogen-bond acceptors (Lipinski definition) is 5. The summed E-state index contributed by atoms with van der Waals surface area (Å²) in [7, 11) is 1.67. The van der Waals surface area contributed by atoms with Crippen molar-refractivity contribution in [2.45, 2.75) is 48.4 Å². The number of benzene rings is 1. The molecule has 8 heteroatoms. The molecule has 0 amide bonds. The second-order valence-corrected chi connectivity index (χ2v) is 14.3. The van der Waals surface area contributed by atoms with Crippen LogP contribution in [0, 0.1) is 0 Å². The molecule has 0 unspecified atom stereocenters. The maximum absolute atomic E-state index is 5.98. The Balaban J connectivity index is 0.00000480. The molecule has 0 spiro atoms. The average molecular weight is 440 g/mol. The maximum atomic E-state index is 5.98. The molecular formula is C23H38AlLiN2O4. The predicted molar refractivity (Wildman–Crippen MR) is 125 cm³/mol. The van der Waals surface area contributed by atoms with Crippen LogP contribution in [0.2, 0.25) is 21.1 Å². The van der Waals surface area contributed by atoms with Gasteiger partial charge in [-0.05, 0) is 12.1 Å². The molecule has 0 atom stereocenters. The van der Waals surface area contributed by atoms with Crippen LogP contribution in [0.4, 0.5) is 0 Å². The second-order valence-electron chi connectivity index (χ2n) is 7.93. The Kier molecular flexibility index (Phi) is 14.5. The van der Waals surface area contributed by atoms with Gasteiger partial charge < -0.3 is 18.9 Å². The van der Waals surface area contributed by atoms with E-state index in [9.17, 15) is 0 Å². The number of fused-ring (bicyclic) bond motifs is 1. The number of imidazole rings is 1. The van der Waals surface area contributed by atoms with Crippen LogP contribution in [0.5, 0.6) is 6.01 Å². The van der Waals surface area contributed by atoms with Crippen LogP contribution in [-0.2, 0) is 20.8 Å². The van der Waals surface area contributed by atoms with Gasteiger partial charge in [-0.25, -0.2) is 0 Å². The number of ether oxygens (including phenoxy) is 4. The van der Waals surface area contributed by atoms with E-state index < -0.39 is 13.1 Å². The summed E-state index contributed by atoms with van der Waals surface area (Å²) in [4.78, 5) is 4.66. The SMILES string of the molecule is C[CH2][Al-]([CH2]C)([CH2]C)[CH2]/C=C/Oc1nc2ccccc2n1CCOCCOCCOC.[Li+]. The van der Waals surface area contributed by atoms with Crippen LogP contribution < -0.4 is 23.6 Å². The molecule has 0 aliphatic heterocycles. The number of allylic oxidation sites excluding steroid dienone is 1. The fourth-order valence-corrected chi connectivity index (χ4v) is 7.22. The molecule has 2 aromatic rings. The van der Waals surface area contributed by atoms with Crippen LogP contribution in [0.3, 0.4) is 0 Å². The Hall–Kier alpha value is -0.760. The molecule has 31 heavy (non-hydrogen) atoms. The zero-order chi connectivity index (χ0) is 21.7. The van der Waals surface area contributed by atoms with Gasteiger partial charge >= 0.3 is 24.9 Å². The van der Waals surface area contributed by atoms with E-state index in [2.05, 4.69) is 42.5 Å². The minimum atomic E-state index is -1.48. The van der Waals surface area contributed by atoms with Crippen LogP contribution >= 0.6 is 0 Å². The van der Waals surface area contributed by atoms with Gasteiger partial charge in [-0.15, -0.1) is 20.8 Å². The molecule has 1 aromatic heterocycles. The largest absolute Gasteiger partial charge is 1.00 e. The molecule has 168 valence electrons. The van der Waals surface area contributed by atoms with Crippen molar-refractivity contribution in [3.63, 3.8) is 0 Å². The molecule has 0 fully saturated rings. The molecular weight excluding hydrogens is 402 g/mol. The van der Waals surface area contributed by atoms with E-state index in [0.29, 0.717) is 45.6 Å². The summed E-state index contributed by atoms with van der Waals surface area (Å²) in [5.74, 6) is 0. The zero-order valence-electron chi connectivity index (χ0n) is 20.1. The maximum Gasteiger partial charge on any atom is 1.00 e. The molecule has 1 heterocycles. The van der Waals surface area contributed by atoms with E-state index in [-0.39, 0.29) is 18.9 Å². The second kappa shape index (κ2) is 15.9. The van der Waals surface area contributed by atoms with Gasteiger partial charge in [0.15, 0.2) is 0 Å². The zero-order valence-corrected chi connectivity index (χ0v) is 21.3. The van der Waals surface area contributed by atoms with Gasteiger partial charge in [0.25, 0.3) is 0 Å². The normalized spacial score (nSPS) is 11.9. The van der Waals surface area contributed by atoms with Crippen molar-refractivity contribution >= 4 is 24.1 Å². The fourth-order valence-electron chi connectivity index (χ4n) is 3.80. The van der Waals surface area contributed by atoms with Gasteiger partial charge in [0.1, 0.15) is 13.1 Å². The first-order valence-corrected chi connectivity index (χ1v) is 14.6. The summed E-state index contributed by atoms with van der Waals surface area (Å²) in [6.07, 6.45) is 4.04. The number of rotatable bonds is 16. The molecule has 0 aliphatic rings. The van der Waals surface area contributed by atoms with Crippen molar-refractivity contribution in [3.05, 3.63) is 36.6 Å². The molecule has 0 saturated heterocycles. The van der Waals surface area contributed by atoms with Gasteiger partial charge in [0, 0.05) is 7.11 Å². The van der Waals surface area contributed by atoms with Gasteiger partial charge in [0.2, 0.25) is 0 Å². The third-order valence-electron chi connectivity index (χ3n) is 6.39. The standard InChI is InChI=1S/C17H23N2O4.3C2H5.Al.Li/c1-3-9-23-17-18-15-6-4-5-7-16(15)19(17)8-10-21-13-14-22-12-11-20-2;3*1-2;;/h3-7,9H,1,8,10-14H2,2H3;3*1H2,2H3;;/q;;;;-1;+1/b9-3+;;;;;. The van der Waals surface area contributed by atoms with Crippen LogP contribution in [0.15, 0.2) is 36.6 Å². The minimum Gasteiger partial charge on any atom is -0.434 e. The Bertz CT molecular complexity index is 757. The van der Waals surface area contributed by atoms with E-state index in [0.717, 1.165) is 11.0 Å². The number of para-hydroxylation sites is 2. The van der Waals surface area contributed by atoms with Gasteiger partial charge in [-0.3, -0.25) is 4.57 Å². The number of nitrogens with zero attached hydrogens (tertiary/aromatic N) is 2. The Morgan fingerprint density at radius 2 is 1.58 bits per heavy atom. The number of aromatic nitrogens is 2. The van der Waals surface area contributed by atoms with Crippen LogP contribution in [0.25, 0.3) is 11.0 Å². The van der Waals surface area contributed by atoms with Crippen molar-refractivity contribution in [1.82, 2.24) is 9.55 Å². The van der Waals surface area contributed by atoms with Crippen LogP contribution in [0.1, 0.15) is 20.8 Å². The Labute approximate surface area is 202 Å². The van der Waals surface area contributed by atoms with Crippen molar-refractivity contribution in [3.8, 4) is 6.01 Å². The third kappa shape index (κ3) is 8.95. The fraction of sp³-hybridized carbons (Fsp3) is 0.609. The summed E-state index contributed by atoms with van der Waals surface area (Å²) in [6, 6.07) is 8.72. The summed E-state index contributed by atoms with van der Waals surface area (Å²) >= 11 is -1.48. The monoisotopic (exact) mass is 440 g/mol. The Morgan fingerprint density at radius 3 is 2.26 bits per heavy atom. The summed E-state index contributed by atoms with van der Waals surface area (Å²) < 4.78 is 24.2. The Morgan fingerprint density at radius 1 is 0.935 bits per heavy atom. The van der Waals surface area contributed by atoms with Gasteiger partial charge in [-0.1, -0.05) is 18.2 Å². The smallest absolute Gasteiger partial charge is 0.434 e. The molecule has 0 saturated carbocycles. The summed E-state index contributed by atoms with van der Waals surface area (Å²) in [5, 5.41) is 5.21. The van der Waals surface area contributed by atoms with E-state index in [1.54, 1.807) is 7.11 Å². The predicted octanol–water partition coefficient (Wildman–Crippen LogP) is 2.12. The van der Waals surface area contributed by atoms with Gasteiger partial charge in [0.05, 0.1) is 56.9 Å². The van der Waals surface area contributed by atoms with Crippen molar-refractivity contribution < 1.29 is 37.8 Å². The van der Waals surface area contributed by atoms with Crippen molar-refractivity contribution in [1.29, 1.82) is 0 Å². The first-order valence-electron chi connectivity index (χ1n) is 11.3. The molecule has 0 aliphatic carbocycles. The van der Waals surface area contributed by atoms with Crippen molar-refractivity contribution in [2.75, 3.05) is 40.1 Å². The first kappa shape index (κ1) is 28.3. The first-order chi connectivity index (χ1) is 14.7. The summed E-state index contributed by atoms with van der Waals surface area (Å²) in [5.41, 5.74) is 1.99. The van der Waals surface area contributed by atoms with E-state index in [1.807, 2.05) is 24.5 Å². The quantitative estimate of drug-likeness (QED) is 0.227. The van der Waals surface area contributed by atoms with Gasteiger partial charge in [-0.2, -0.15) is 26.1 Å². The van der Waals surface area contributed by atoms with E-state index in [4.69, 9.17) is 18.9 Å². The summed E-state index contributed by atoms with van der Waals surface area (Å²) in [6.45, 7) is 10.6. The molecule has 1 aromatic carbocycles. The molecule has 6 nitrogen and oxygen atoms in total. The molecule has 0 N–H and O–H groups in total. The van der Waals surface area contributed by atoms with E-state index >= 15 is 0 Å². The average Bonchev–Trinajstić information content (AvgIpc) is 3.13. The number of methoxy groups -OCH3 is 1. The molecule has 0 bridgehead atoms.